The minimum absolute atomic E-state index is 0.120. The van der Waals surface area contributed by atoms with Crippen LogP contribution >= 0.6 is 22.9 Å². The van der Waals surface area contributed by atoms with Gasteiger partial charge >= 0.3 is 0 Å². The largest absolute Gasteiger partial charge is 0.298 e. The number of nitrogens with one attached hydrogen (secondary N) is 1. The second-order valence-corrected chi connectivity index (χ2v) is 7.74. The maximum Gasteiger partial charge on any atom is 0.282 e. The lowest BCUT2D eigenvalue weighted by molar-refractivity contribution is -0.385. The highest BCUT2D eigenvalue weighted by atomic mass is 35.5. The number of rotatable bonds is 5. The van der Waals surface area contributed by atoms with Crippen LogP contribution in [0.15, 0.2) is 78.9 Å². The van der Waals surface area contributed by atoms with Gasteiger partial charge in [-0.2, -0.15) is 0 Å². The van der Waals surface area contributed by atoms with Crippen LogP contribution < -0.4 is 5.32 Å². The van der Waals surface area contributed by atoms with Crippen molar-refractivity contribution in [2.75, 3.05) is 5.32 Å². The Morgan fingerprint density at radius 1 is 0.967 bits per heavy atom. The number of carbonyl (C=O) groups excluding carboxylic acids is 1. The standard InChI is InChI=1S/C22H14ClN3O3S/c23-16-11-12-18(26(28)29)17(13-16)21(27)25-22-24-19(14-7-3-1-4-8-14)20(30-22)15-9-5-2-6-10-15/h1-13H,(H,24,25,27). The molecule has 3 aromatic carbocycles. The van der Waals surface area contributed by atoms with Gasteiger partial charge in [-0.15, -0.1) is 0 Å². The van der Waals surface area contributed by atoms with E-state index in [9.17, 15) is 14.9 Å². The van der Waals surface area contributed by atoms with Crippen LogP contribution in [0.2, 0.25) is 5.02 Å². The van der Waals surface area contributed by atoms with Gasteiger partial charge < -0.3 is 0 Å². The second kappa shape index (κ2) is 8.44. The Labute approximate surface area is 180 Å². The number of anilines is 1. The number of benzene rings is 3. The lowest BCUT2D eigenvalue weighted by Gasteiger charge is -2.03. The van der Waals surface area contributed by atoms with Gasteiger partial charge in [-0.05, 0) is 17.7 Å². The molecule has 0 atom stereocenters. The fraction of sp³-hybridized carbons (Fsp3) is 0. The summed E-state index contributed by atoms with van der Waals surface area (Å²) in [6.07, 6.45) is 0. The quantitative estimate of drug-likeness (QED) is 0.295. The summed E-state index contributed by atoms with van der Waals surface area (Å²) in [5, 5.41) is 14.5. The molecule has 0 aliphatic rings. The molecule has 0 spiro atoms. The molecule has 0 saturated carbocycles. The molecular weight excluding hydrogens is 422 g/mol. The van der Waals surface area contributed by atoms with Crippen molar-refractivity contribution in [3.8, 4) is 21.7 Å². The van der Waals surface area contributed by atoms with Crippen LogP contribution in [0, 0.1) is 10.1 Å². The third kappa shape index (κ3) is 4.07. The zero-order valence-electron chi connectivity index (χ0n) is 15.4. The fourth-order valence-electron chi connectivity index (χ4n) is 2.96. The summed E-state index contributed by atoms with van der Waals surface area (Å²) in [5.41, 5.74) is 2.15. The van der Waals surface area contributed by atoms with Crippen LogP contribution in [0.25, 0.3) is 21.7 Å². The first-order chi connectivity index (χ1) is 14.5. The van der Waals surface area contributed by atoms with E-state index < -0.39 is 10.8 Å². The van der Waals surface area contributed by atoms with E-state index >= 15 is 0 Å². The van der Waals surface area contributed by atoms with E-state index in [1.165, 1.54) is 29.5 Å². The van der Waals surface area contributed by atoms with Crippen molar-refractivity contribution >= 4 is 39.7 Å². The molecule has 4 rings (SSSR count). The molecule has 4 aromatic rings. The Bertz CT molecular complexity index is 1170. The molecule has 1 amide bonds. The predicted octanol–water partition coefficient (Wildman–Crippen LogP) is 6.29. The number of amides is 1. The molecule has 0 radical (unpaired) electrons. The molecule has 0 aliphatic carbocycles. The van der Waals surface area contributed by atoms with E-state index in [1.54, 1.807) is 0 Å². The summed E-state index contributed by atoms with van der Waals surface area (Å²) in [5.74, 6) is -0.642. The SMILES string of the molecule is O=C(Nc1nc(-c2ccccc2)c(-c2ccccc2)s1)c1cc(Cl)ccc1[N+](=O)[O-]. The minimum atomic E-state index is -0.642. The summed E-state index contributed by atoms with van der Waals surface area (Å²) >= 11 is 7.25. The van der Waals surface area contributed by atoms with E-state index in [4.69, 9.17) is 11.6 Å². The molecule has 148 valence electrons. The highest BCUT2D eigenvalue weighted by Crippen LogP contribution is 2.39. The first-order valence-corrected chi connectivity index (χ1v) is 10.1. The van der Waals surface area contributed by atoms with Crippen molar-refractivity contribution in [3.63, 3.8) is 0 Å². The molecule has 30 heavy (non-hydrogen) atoms. The Hall–Kier alpha value is -3.55. The molecule has 8 heteroatoms. The number of aromatic nitrogens is 1. The van der Waals surface area contributed by atoms with Gasteiger partial charge in [0.1, 0.15) is 5.56 Å². The molecule has 0 bridgehead atoms. The molecule has 0 unspecified atom stereocenters. The van der Waals surface area contributed by atoms with Crippen LogP contribution in [0.5, 0.6) is 0 Å². The van der Waals surface area contributed by atoms with Crippen molar-refractivity contribution in [1.82, 2.24) is 4.98 Å². The molecule has 6 nitrogen and oxygen atoms in total. The summed E-state index contributed by atoms with van der Waals surface area (Å²) in [6.45, 7) is 0. The zero-order valence-corrected chi connectivity index (χ0v) is 17.0. The lowest BCUT2D eigenvalue weighted by Crippen LogP contribution is -2.13. The molecule has 1 heterocycles. The number of carbonyl (C=O) groups is 1. The smallest absolute Gasteiger partial charge is 0.282 e. The van der Waals surface area contributed by atoms with Crippen LogP contribution in [0.3, 0.4) is 0 Å². The van der Waals surface area contributed by atoms with E-state index in [1.807, 2.05) is 60.7 Å². The van der Waals surface area contributed by atoms with Gasteiger partial charge in [0.15, 0.2) is 5.13 Å². The highest BCUT2D eigenvalue weighted by molar-refractivity contribution is 7.19. The molecule has 1 aromatic heterocycles. The molecule has 0 aliphatic heterocycles. The summed E-state index contributed by atoms with van der Waals surface area (Å²) in [4.78, 5) is 28.9. The van der Waals surface area contributed by atoms with Gasteiger partial charge in [-0.25, -0.2) is 4.98 Å². The van der Waals surface area contributed by atoms with Gasteiger partial charge in [0, 0.05) is 16.7 Å². The highest BCUT2D eigenvalue weighted by Gasteiger charge is 2.23. The van der Waals surface area contributed by atoms with E-state index in [0.29, 0.717) is 5.13 Å². The lowest BCUT2D eigenvalue weighted by atomic mass is 10.1. The van der Waals surface area contributed by atoms with Crippen molar-refractivity contribution in [2.24, 2.45) is 0 Å². The van der Waals surface area contributed by atoms with Gasteiger partial charge in [-0.3, -0.25) is 20.2 Å². The molecule has 0 fully saturated rings. The molecule has 0 saturated heterocycles. The number of nitro groups is 1. The van der Waals surface area contributed by atoms with Crippen molar-refractivity contribution in [1.29, 1.82) is 0 Å². The number of nitrogens with zero attached hydrogens (tertiary/aromatic N) is 2. The van der Waals surface area contributed by atoms with Gasteiger partial charge in [0.25, 0.3) is 11.6 Å². The fourth-order valence-corrected chi connectivity index (χ4v) is 4.12. The monoisotopic (exact) mass is 435 g/mol. The number of thiazole rings is 1. The van der Waals surface area contributed by atoms with Crippen LogP contribution in [0.4, 0.5) is 10.8 Å². The minimum Gasteiger partial charge on any atom is -0.298 e. The summed E-state index contributed by atoms with van der Waals surface area (Å²) < 4.78 is 0. The second-order valence-electron chi connectivity index (χ2n) is 6.30. The van der Waals surface area contributed by atoms with Crippen LogP contribution in [-0.4, -0.2) is 15.8 Å². The van der Waals surface area contributed by atoms with Gasteiger partial charge in [0.2, 0.25) is 0 Å². The Morgan fingerprint density at radius 2 is 1.60 bits per heavy atom. The molecular formula is C22H14ClN3O3S. The third-order valence-corrected chi connectivity index (χ3v) is 5.59. The number of nitro benzene ring substituents is 1. The average Bonchev–Trinajstić information content (AvgIpc) is 3.18. The average molecular weight is 436 g/mol. The molecule has 1 N–H and O–H groups in total. The van der Waals surface area contributed by atoms with Crippen molar-refractivity contribution in [3.05, 3.63) is 99.6 Å². The van der Waals surface area contributed by atoms with Crippen molar-refractivity contribution < 1.29 is 9.72 Å². The van der Waals surface area contributed by atoms with Gasteiger partial charge in [0.05, 0.1) is 15.5 Å². The number of halogens is 1. The van der Waals surface area contributed by atoms with E-state index in [2.05, 4.69) is 10.3 Å². The Balaban J connectivity index is 1.74. The first kappa shape index (κ1) is 19.8. The topological polar surface area (TPSA) is 85.1 Å². The normalized spacial score (nSPS) is 10.6. The van der Waals surface area contributed by atoms with E-state index in [-0.39, 0.29) is 16.3 Å². The Kier molecular flexibility index (Phi) is 5.56. The van der Waals surface area contributed by atoms with Crippen molar-refractivity contribution in [2.45, 2.75) is 0 Å². The summed E-state index contributed by atoms with van der Waals surface area (Å²) in [6, 6.07) is 23.2. The van der Waals surface area contributed by atoms with Crippen LogP contribution in [-0.2, 0) is 0 Å². The maximum absolute atomic E-state index is 12.8. The maximum atomic E-state index is 12.8. The summed E-state index contributed by atoms with van der Waals surface area (Å²) in [7, 11) is 0. The number of hydrogen-bond acceptors (Lipinski definition) is 5. The third-order valence-electron chi connectivity index (χ3n) is 4.33. The van der Waals surface area contributed by atoms with E-state index in [0.717, 1.165) is 21.7 Å². The predicted molar refractivity (Wildman–Crippen MR) is 119 cm³/mol. The zero-order chi connectivity index (χ0) is 21.1. The van der Waals surface area contributed by atoms with Crippen LogP contribution in [0.1, 0.15) is 10.4 Å². The van der Waals surface area contributed by atoms with Gasteiger partial charge in [-0.1, -0.05) is 83.6 Å². The first-order valence-electron chi connectivity index (χ1n) is 8.90. The number of hydrogen-bond donors (Lipinski definition) is 1. The Morgan fingerprint density at radius 3 is 2.23 bits per heavy atom.